The smallest absolute Gasteiger partial charge is 0.337 e. The van der Waals surface area contributed by atoms with E-state index in [0.29, 0.717) is 17.4 Å². The number of nitrogens with zero attached hydrogens (tertiary/aromatic N) is 1. The van der Waals surface area contributed by atoms with Gasteiger partial charge in [0.25, 0.3) is 0 Å². The van der Waals surface area contributed by atoms with E-state index in [1.54, 1.807) is 13.0 Å². The van der Waals surface area contributed by atoms with Gasteiger partial charge >= 0.3 is 5.97 Å². The molecule has 1 aromatic heterocycles. The van der Waals surface area contributed by atoms with E-state index in [4.69, 9.17) is 9.84 Å². The van der Waals surface area contributed by atoms with Crippen LogP contribution in [0.25, 0.3) is 0 Å². The molecule has 0 aliphatic heterocycles. The zero-order valence-electron chi connectivity index (χ0n) is 12.7. The van der Waals surface area contributed by atoms with E-state index in [9.17, 15) is 4.79 Å². The third kappa shape index (κ3) is 3.40. The van der Waals surface area contributed by atoms with Crippen molar-refractivity contribution >= 4 is 5.97 Å². The molecule has 2 rings (SSSR count). The number of hydrogen-bond acceptors (Lipinski definition) is 3. The first-order valence-electron chi connectivity index (χ1n) is 6.87. The Labute approximate surface area is 124 Å². The molecule has 1 aromatic carbocycles. The number of benzene rings is 1. The van der Waals surface area contributed by atoms with Gasteiger partial charge in [-0.25, -0.2) is 9.78 Å². The highest BCUT2D eigenvalue weighted by Gasteiger charge is 2.11. The van der Waals surface area contributed by atoms with Crippen molar-refractivity contribution in [2.75, 3.05) is 0 Å². The summed E-state index contributed by atoms with van der Waals surface area (Å²) in [7, 11) is 0. The number of rotatable bonds is 4. The molecular formula is C17H19NO3. The van der Waals surface area contributed by atoms with Gasteiger partial charge in [-0.15, -0.1) is 0 Å². The Morgan fingerprint density at radius 2 is 1.90 bits per heavy atom. The van der Waals surface area contributed by atoms with Crippen LogP contribution in [0.1, 0.15) is 46.8 Å². The number of hydrogen-bond donors (Lipinski definition) is 1. The molecule has 0 bridgehead atoms. The predicted octanol–water partition coefficient (Wildman–Crippen LogP) is 4.31. The molecule has 0 saturated carbocycles. The van der Waals surface area contributed by atoms with E-state index in [0.717, 1.165) is 11.3 Å². The first-order chi connectivity index (χ1) is 9.88. The Balaban J connectivity index is 2.34. The number of aromatic nitrogens is 1. The fourth-order valence-electron chi connectivity index (χ4n) is 1.98. The monoisotopic (exact) mass is 285 g/mol. The van der Waals surface area contributed by atoms with Gasteiger partial charge in [0, 0.05) is 11.8 Å². The molecule has 0 unspecified atom stereocenters. The molecule has 0 spiro atoms. The van der Waals surface area contributed by atoms with Gasteiger partial charge in [0.2, 0.25) is 5.88 Å². The zero-order chi connectivity index (χ0) is 15.6. The SMILES string of the molecule is Cc1ccc(C(C)C)cc1Oc1ncc(C(=O)O)cc1C. The lowest BCUT2D eigenvalue weighted by Gasteiger charge is -2.13. The maximum Gasteiger partial charge on any atom is 0.337 e. The van der Waals surface area contributed by atoms with Gasteiger partial charge in [0.15, 0.2) is 0 Å². The standard InChI is InChI=1S/C17H19NO3/c1-10(2)13-6-5-11(3)15(8-13)21-16-12(4)7-14(9-18-16)17(19)20/h5-10H,1-4H3,(H,19,20). The number of pyridine rings is 1. The Morgan fingerprint density at radius 1 is 1.19 bits per heavy atom. The molecule has 0 fully saturated rings. The minimum absolute atomic E-state index is 0.160. The molecule has 0 aliphatic carbocycles. The van der Waals surface area contributed by atoms with Gasteiger partial charge in [0.05, 0.1) is 5.56 Å². The highest BCUT2D eigenvalue weighted by atomic mass is 16.5. The minimum Gasteiger partial charge on any atom is -0.478 e. The largest absolute Gasteiger partial charge is 0.478 e. The maximum absolute atomic E-state index is 10.9. The van der Waals surface area contributed by atoms with E-state index in [1.165, 1.54) is 11.8 Å². The second-order valence-corrected chi connectivity index (χ2v) is 5.43. The van der Waals surface area contributed by atoms with Crippen LogP contribution in [0, 0.1) is 13.8 Å². The lowest BCUT2D eigenvalue weighted by atomic mass is 10.0. The Hall–Kier alpha value is -2.36. The summed E-state index contributed by atoms with van der Waals surface area (Å²) < 4.78 is 5.86. The van der Waals surface area contributed by atoms with Crippen molar-refractivity contribution in [1.29, 1.82) is 0 Å². The summed E-state index contributed by atoms with van der Waals surface area (Å²) in [5.74, 6) is 0.607. The number of carboxylic acids is 1. The van der Waals surface area contributed by atoms with Crippen molar-refractivity contribution in [1.82, 2.24) is 4.98 Å². The van der Waals surface area contributed by atoms with Crippen LogP contribution >= 0.6 is 0 Å². The molecule has 4 heteroatoms. The fraction of sp³-hybridized carbons (Fsp3) is 0.294. The average molecular weight is 285 g/mol. The Kier molecular flexibility index (Phi) is 4.26. The van der Waals surface area contributed by atoms with Crippen LogP contribution in [0.4, 0.5) is 0 Å². The van der Waals surface area contributed by atoms with Crippen LogP contribution in [0.15, 0.2) is 30.5 Å². The molecule has 0 aliphatic rings. The van der Waals surface area contributed by atoms with Gasteiger partial charge in [-0.2, -0.15) is 0 Å². The minimum atomic E-state index is -0.991. The van der Waals surface area contributed by atoms with Crippen molar-refractivity contribution in [3.63, 3.8) is 0 Å². The normalized spacial score (nSPS) is 10.7. The third-order valence-electron chi connectivity index (χ3n) is 3.36. The maximum atomic E-state index is 10.9. The van der Waals surface area contributed by atoms with E-state index < -0.39 is 5.97 Å². The van der Waals surface area contributed by atoms with Gasteiger partial charge in [-0.1, -0.05) is 26.0 Å². The van der Waals surface area contributed by atoms with E-state index in [-0.39, 0.29) is 5.56 Å². The molecule has 0 atom stereocenters. The first kappa shape index (κ1) is 15.0. The molecule has 0 radical (unpaired) electrons. The highest BCUT2D eigenvalue weighted by molar-refractivity contribution is 5.87. The van der Waals surface area contributed by atoms with Crippen molar-refractivity contribution in [2.24, 2.45) is 0 Å². The number of carboxylic acid groups (broad SMARTS) is 1. The van der Waals surface area contributed by atoms with E-state index >= 15 is 0 Å². The molecule has 4 nitrogen and oxygen atoms in total. The summed E-state index contributed by atoms with van der Waals surface area (Å²) in [5, 5.41) is 8.95. The molecule has 110 valence electrons. The van der Waals surface area contributed by atoms with Gasteiger partial charge in [-0.05, 0) is 43.0 Å². The van der Waals surface area contributed by atoms with Crippen LogP contribution in [0.5, 0.6) is 11.6 Å². The van der Waals surface area contributed by atoms with Crippen LogP contribution in [0.3, 0.4) is 0 Å². The number of ether oxygens (including phenoxy) is 1. The van der Waals surface area contributed by atoms with Crippen LogP contribution < -0.4 is 4.74 Å². The summed E-state index contributed by atoms with van der Waals surface area (Å²) >= 11 is 0. The molecular weight excluding hydrogens is 266 g/mol. The summed E-state index contributed by atoms with van der Waals surface area (Å²) in [6.07, 6.45) is 1.31. The Bertz CT molecular complexity index is 678. The lowest BCUT2D eigenvalue weighted by Crippen LogP contribution is -2.00. The van der Waals surface area contributed by atoms with Gasteiger partial charge in [-0.3, -0.25) is 0 Å². The summed E-state index contributed by atoms with van der Waals surface area (Å²) in [5.41, 5.74) is 3.06. The number of aromatic carboxylic acids is 1. The third-order valence-corrected chi connectivity index (χ3v) is 3.36. The fourth-order valence-corrected chi connectivity index (χ4v) is 1.98. The topological polar surface area (TPSA) is 59.4 Å². The summed E-state index contributed by atoms with van der Waals surface area (Å²) in [4.78, 5) is 15.0. The van der Waals surface area contributed by atoms with Crippen molar-refractivity contribution in [3.8, 4) is 11.6 Å². The number of carbonyl (C=O) groups is 1. The first-order valence-corrected chi connectivity index (χ1v) is 6.87. The van der Waals surface area contributed by atoms with E-state index in [1.807, 2.05) is 19.1 Å². The van der Waals surface area contributed by atoms with Crippen LogP contribution in [-0.2, 0) is 0 Å². The molecule has 2 aromatic rings. The molecule has 1 N–H and O–H groups in total. The molecule has 1 heterocycles. The van der Waals surface area contributed by atoms with Gasteiger partial charge in [0.1, 0.15) is 5.75 Å². The predicted molar refractivity (Wildman–Crippen MR) is 81.3 cm³/mol. The van der Waals surface area contributed by atoms with Crippen molar-refractivity contribution in [3.05, 3.63) is 52.7 Å². The van der Waals surface area contributed by atoms with Crippen molar-refractivity contribution in [2.45, 2.75) is 33.6 Å². The second-order valence-electron chi connectivity index (χ2n) is 5.43. The van der Waals surface area contributed by atoms with E-state index in [2.05, 4.69) is 24.9 Å². The molecule has 0 amide bonds. The summed E-state index contributed by atoms with van der Waals surface area (Å²) in [6.45, 7) is 8.01. The second kappa shape index (κ2) is 5.95. The lowest BCUT2D eigenvalue weighted by molar-refractivity contribution is 0.0696. The Morgan fingerprint density at radius 3 is 2.48 bits per heavy atom. The highest BCUT2D eigenvalue weighted by Crippen LogP contribution is 2.29. The number of aryl methyl sites for hydroxylation is 2. The molecule has 0 saturated heterocycles. The quantitative estimate of drug-likeness (QED) is 0.909. The summed E-state index contributed by atoms with van der Waals surface area (Å²) in [6, 6.07) is 7.67. The van der Waals surface area contributed by atoms with Crippen LogP contribution in [-0.4, -0.2) is 16.1 Å². The molecule has 21 heavy (non-hydrogen) atoms. The van der Waals surface area contributed by atoms with Crippen LogP contribution in [0.2, 0.25) is 0 Å². The average Bonchev–Trinajstić information content (AvgIpc) is 2.42. The van der Waals surface area contributed by atoms with Gasteiger partial charge < -0.3 is 9.84 Å². The zero-order valence-corrected chi connectivity index (χ0v) is 12.7. The van der Waals surface area contributed by atoms with Crippen molar-refractivity contribution < 1.29 is 14.6 Å².